The van der Waals surface area contributed by atoms with E-state index < -0.39 is 0 Å². The molecule has 1 atom stereocenters. The van der Waals surface area contributed by atoms with Gasteiger partial charge in [-0.1, -0.05) is 30.3 Å². The first kappa shape index (κ1) is 19.9. The molecule has 3 rings (SSSR count). The van der Waals surface area contributed by atoms with Gasteiger partial charge in [-0.2, -0.15) is 0 Å². The van der Waals surface area contributed by atoms with Crippen molar-refractivity contribution in [2.75, 3.05) is 11.9 Å². The summed E-state index contributed by atoms with van der Waals surface area (Å²) in [5.41, 5.74) is 4.59. The standard InChI is InChI=1S/C20H23N3O2.ClH/c1-3-21-19(24)15-9-8-13(2)17(11-15)23-20(25)18-10-14-6-4-5-7-16(14)12-22-18;/h4-9,11,18,22H,3,10,12H2,1-2H3,(H,21,24)(H,23,25);1H. The highest BCUT2D eigenvalue weighted by Gasteiger charge is 2.24. The number of halogens is 1. The van der Waals surface area contributed by atoms with Crippen LogP contribution in [0.2, 0.25) is 0 Å². The molecule has 0 bridgehead atoms. The van der Waals surface area contributed by atoms with Gasteiger partial charge < -0.3 is 16.0 Å². The Hall–Kier alpha value is -2.37. The van der Waals surface area contributed by atoms with Crippen LogP contribution in [0.5, 0.6) is 0 Å². The van der Waals surface area contributed by atoms with E-state index in [1.54, 1.807) is 12.1 Å². The van der Waals surface area contributed by atoms with Gasteiger partial charge in [0.25, 0.3) is 5.91 Å². The van der Waals surface area contributed by atoms with Gasteiger partial charge in [0, 0.05) is 24.3 Å². The SMILES string of the molecule is CCNC(=O)c1ccc(C)c(NC(=O)C2Cc3ccccc3CN2)c1.Cl. The molecule has 2 aromatic rings. The van der Waals surface area contributed by atoms with Gasteiger partial charge in [0.2, 0.25) is 5.91 Å². The Labute approximate surface area is 160 Å². The average molecular weight is 374 g/mol. The van der Waals surface area contributed by atoms with Crippen molar-refractivity contribution < 1.29 is 9.59 Å². The summed E-state index contributed by atoms with van der Waals surface area (Å²) in [4.78, 5) is 24.7. The summed E-state index contributed by atoms with van der Waals surface area (Å²) in [5.74, 6) is -0.214. The van der Waals surface area contributed by atoms with Crippen molar-refractivity contribution >= 4 is 29.9 Å². The maximum absolute atomic E-state index is 12.7. The summed E-state index contributed by atoms with van der Waals surface area (Å²) in [6, 6.07) is 13.2. The number of hydrogen-bond donors (Lipinski definition) is 3. The van der Waals surface area contributed by atoms with Crippen LogP contribution in [0.15, 0.2) is 42.5 Å². The zero-order chi connectivity index (χ0) is 17.8. The van der Waals surface area contributed by atoms with Crippen LogP contribution in [0.4, 0.5) is 5.69 Å². The Kier molecular flexibility index (Phi) is 6.77. The minimum Gasteiger partial charge on any atom is -0.352 e. The topological polar surface area (TPSA) is 70.2 Å². The molecule has 138 valence electrons. The Morgan fingerprint density at radius 1 is 1.15 bits per heavy atom. The first-order chi connectivity index (χ1) is 12.1. The zero-order valence-electron chi connectivity index (χ0n) is 15.0. The van der Waals surface area contributed by atoms with E-state index in [-0.39, 0.29) is 30.3 Å². The van der Waals surface area contributed by atoms with Gasteiger partial charge in [-0.3, -0.25) is 9.59 Å². The monoisotopic (exact) mass is 373 g/mol. The predicted octanol–water partition coefficient (Wildman–Crippen LogP) is 2.82. The van der Waals surface area contributed by atoms with Gasteiger partial charge in [0.1, 0.15) is 0 Å². The Morgan fingerprint density at radius 3 is 2.62 bits per heavy atom. The quantitative estimate of drug-likeness (QED) is 0.771. The van der Waals surface area contributed by atoms with Crippen LogP contribution in [0.25, 0.3) is 0 Å². The van der Waals surface area contributed by atoms with E-state index in [0.29, 0.717) is 30.8 Å². The molecule has 1 heterocycles. The second-order valence-electron chi connectivity index (χ2n) is 6.28. The van der Waals surface area contributed by atoms with Crippen LogP contribution in [0, 0.1) is 6.92 Å². The van der Waals surface area contributed by atoms with Crippen LogP contribution in [0.3, 0.4) is 0 Å². The molecular formula is C20H24ClN3O2. The summed E-state index contributed by atoms with van der Waals surface area (Å²) in [5, 5.41) is 9.02. The first-order valence-electron chi connectivity index (χ1n) is 8.58. The molecule has 2 amide bonds. The smallest absolute Gasteiger partial charge is 0.251 e. The van der Waals surface area contributed by atoms with Crippen molar-refractivity contribution in [2.24, 2.45) is 0 Å². The molecule has 3 N–H and O–H groups in total. The molecule has 0 saturated heterocycles. The number of rotatable bonds is 4. The van der Waals surface area contributed by atoms with E-state index in [0.717, 1.165) is 5.56 Å². The van der Waals surface area contributed by atoms with Gasteiger partial charge in [-0.25, -0.2) is 0 Å². The summed E-state index contributed by atoms with van der Waals surface area (Å²) in [6.07, 6.45) is 0.664. The Bertz CT molecular complexity index is 807. The van der Waals surface area contributed by atoms with Crippen LogP contribution in [0.1, 0.15) is 34.0 Å². The van der Waals surface area contributed by atoms with Crippen LogP contribution in [-0.4, -0.2) is 24.4 Å². The molecule has 0 saturated carbocycles. The molecule has 2 aromatic carbocycles. The predicted molar refractivity (Wildman–Crippen MR) is 106 cm³/mol. The fraction of sp³-hybridized carbons (Fsp3) is 0.300. The lowest BCUT2D eigenvalue weighted by Crippen LogP contribution is -2.44. The van der Waals surface area contributed by atoms with E-state index in [1.807, 2.05) is 32.0 Å². The summed E-state index contributed by atoms with van der Waals surface area (Å²) < 4.78 is 0. The van der Waals surface area contributed by atoms with Gasteiger partial charge in [-0.15, -0.1) is 12.4 Å². The molecule has 0 aromatic heterocycles. The molecule has 0 aliphatic carbocycles. The fourth-order valence-electron chi connectivity index (χ4n) is 3.02. The van der Waals surface area contributed by atoms with Gasteiger partial charge >= 0.3 is 0 Å². The highest BCUT2D eigenvalue weighted by molar-refractivity contribution is 5.99. The molecular weight excluding hydrogens is 350 g/mol. The summed E-state index contributed by atoms with van der Waals surface area (Å²) in [6.45, 7) is 5.05. The van der Waals surface area contributed by atoms with Crippen molar-refractivity contribution in [2.45, 2.75) is 32.9 Å². The van der Waals surface area contributed by atoms with E-state index in [1.165, 1.54) is 11.1 Å². The molecule has 1 aliphatic rings. The van der Waals surface area contributed by atoms with Gasteiger partial charge in [-0.05, 0) is 49.1 Å². The number of fused-ring (bicyclic) bond motifs is 1. The minimum absolute atomic E-state index is 0. The number of carbonyl (C=O) groups is 2. The van der Waals surface area contributed by atoms with Crippen molar-refractivity contribution in [3.63, 3.8) is 0 Å². The third-order valence-corrected chi connectivity index (χ3v) is 4.49. The minimum atomic E-state index is -0.276. The van der Waals surface area contributed by atoms with E-state index in [9.17, 15) is 9.59 Å². The number of hydrogen-bond acceptors (Lipinski definition) is 3. The van der Waals surface area contributed by atoms with Gasteiger partial charge in [0.05, 0.1) is 6.04 Å². The molecule has 6 heteroatoms. The number of amides is 2. The fourth-order valence-corrected chi connectivity index (χ4v) is 3.02. The second kappa shape index (κ2) is 8.83. The normalized spacial score (nSPS) is 15.4. The Morgan fingerprint density at radius 2 is 1.88 bits per heavy atom. The largest absolute Gasteiger partial charge is 0.352 e. The Balaban J connectivity index is 0.00000243. The number of carbonyl (C=O) groups excluding carboxylic acids is 2. The van der Waals surface area contributed by atoms with Gasteiger partial charge in [0.15, 0.2) is 0 Å². The lowest BCUT2D eigenvalue weighted by atomic mass is 9.95. The maximum atomic E-state index is 12.7. The molecule has 0 spiro atoms. The van der Waals surface area contributed by atoms with Crippen molar-refractivity contribution in [3.05, 3.63) is 64.7 Å². The number of nitrogens with one attached hydrogen (secondary N) is 3. The molecule has 0 fully saturated rings. The molecule has 0 radical (unpaired) electrons. The first-order valence-corrected chi connectivity index (χ1v) is 8.58. The van der Waals surface area contributed by atoms with E-state index >= 15 is 0 Å². The number of aryl methyl sites for hydroxylation is 1. The molecule has 5 nitrogen and oxygen atoms in total. The van der Waals surface area contributed by atoms with Crippen LogP contribution in [-0.2, 0) is 17.8 Å². The summed E-state index contributed by atoms with van der Waals surface area (Å²) in [7, 11) is 0. The van der Waals surface area contributed by atoms with Crippen molar-refractivity contribution in [1.82, 2.24) is 10.6 Å². The zero-order valence-corrected chi connectivity index (χ0v) is 15.8. The van der Waals surface area contributed by atoms with Crippen molar-refractivity contribution in [3.8, 4) is 0 Å². The number of anilines is 1. The van der Waals surface area contributed by atoms with Crippen LogP contribution < -0.4 is 16.0 Å². The van der Waals surface area contributed by atoms with Crippen LogP contribution >= 0.6 is 12.4 Å². The lowest BCUT2D eigenvalue weighted by molar-refractivity contribution is -0.118. The van der Waals surface area contributed by atoms with Crippen molar-refractivity contribution in [1.29, 1.82) is 0 Å². The lowest BCUT2D eigenvalue weighted by Gasteiger charge is -2.25. The molecule has 26 heavy (non-hydrogen) atoms. The van der Waals surface area contributed by atoms with E-state index in [4.69, 9.17) is 0 Å². The third-order valence-electron chi connectivity index (χ3n) is 4.49. The highest BCUT2D eigenvalue weighted by Crippen LogP contribution is 2.20. The highest BCUT2D eigenvalue weighted by atomic mass is 35.5. The molecule has 1 unspecified atom stereocenters. The summed E-state index contributed by atoms with van der Waals surface area (Å²) >= 11 is 0. The molecule has 1 aliphatic heterocycles. The average Bonchev–Trinajstić information content (AvgIpc) is 2.63. The second-order valence-corrected chi connectivity index (χ2v) is 6.28. The maximum Gasteiger partial charge on any atom is 0.251 e. The third kappa shape index (κ3) is 4.42. The van der Waals surface area contributed by atoms with E-state index in [2.05, 4.69) is 28.1 Å². The number of benzene rings is 2.